The van der Waals surface area contributed by atoms with Crippen LogP contribution in [0.4, 0.5) is 5.00 Å². The number of carbonyl (C=O) groups is 1. The summed E-state index contributed by atoms with van der Waals surface area (Å²) < 4.78 is 26.9. The summed E-state index contributed by atoms with van der Waals surface area (Å²) in [6, 6.07) is 10.5. The Balaban J connectivity index is 1.55. The number of amides is 1. The van der Waals surface area contributed by atoms with Gasteiger partial charge in [-0.3, -0.25) is 9.69 Å². The van der Waals surface area contributed by atoms with E-state index in [9.17, 15) is 13.2 Å². The molecule has 2 aromatic rings. The average Bonchev–Trinajstić information content (AvgIpc) is 3.09. The molecule has 0 saturated carbocycles. The number of nitrogens with one attached hydrogen (secondary N) is 1. The number of thiophene rings is 1. The Morgan fingerprint density at radius 2 is 1.85 bits per heavy atom. The minimum Gasteiger partial charge on any atom is -0.315 e. The maximum absolute atomic E-state index is 12.7. The van der Waals surface area contributed by atoms with Crippen LogP contribution in [0.15, 0.2) is 40.6 Å². The number of nitrogens with zero attached hydrogens (tertiary/aromatic N) is 3. The van der Waals surface area contributed by atoms with Crippen molar-refractivity contribution in [2.24, 2.45) is 0 Å². The lowest BCUT2D eigenvalue weighted by molar-refractivity contribution is -0.117. The largest absolute Gasteiger partial charge is 0.315 e. The van der Waals surface area contributed by atoms with Gasteiger partial charge >= 0.3 is 0 Å². The van der Waals surface area contributed by atoms with E-state index in [4.69, 9.17) is 5.26 Å². The maximum Gasteiger partial charge on any atom is 0.243 e. The van der Waals surface area contributed by atoms with E-state index in [1.54, 1.807) is 35.7 Å². The summed E-state index contributed by atoms with van der Waals surface area (Å²) >= 11 is 1.31. The molecule has 1 aliphatic rings. The molecule has 1 fully saturated rings. The van der Waals surface area contributed by atoms with Gasteiger partial charge in [0.15, 0.2) is 0 Å². The minimum absolute atomic E-state index is 0.168. The molecule has 0 aliphatic carbocycles. The van der Waals surface area contributed by atoms with Crippen LogP contribution in [0, 0.1) is 18.3 Å². The van der Waals surface area contributed by atoms with Crippen LogP contribution in [0.5, 0.6) is 0 Å². The first-order valence-corrected chi connectivity index (χ1v) is 10.8. The third kappa shape index (κ3) is 4.54. The molecule has 142 valence electrons. The zero-order chi connectivity index (χ0) is 19.4. The van der Waals surface area contributed by atoms with E-state index in [-0.39, 0.29) is 12.5 Å². The van der Waals surface area contributed by atoms with Crippen LogP contribution in [0.2, 0.25) is 0 Å². The lowest BCUT2D eigenvalue weighted by Crippen LogP contribution is -2.50. The zero-order valence-corrected chi connectivity index (χ0v) is 16.5. The van der Waals surface area contributed by atoms with Gasteiger partial charge in [0.2, 0.25) is 15.9 Å². The normalized spacial score (nSPS) is 16.0. The molecule has 7 nitrogen and oxygen atoms in total. The second-order valence-electron chi connectivity index (χ2n) is 6.32. The molecule has 1 aliphatic heterocycles. The standard InChI is InChI=1S/C18H20N4O3S2/c1-14-2-4-16(5-3-14)27(24,25)22-9-7-21(8-10-22)13-17(23)20-18-15(12-19)6-11-26-18/h2-6,11H,7-10,13H2,1H3,(H,20,23). The van der Waals surface area contributed by atoms with Crippen molar-refractivity contribution in [3.05, 3.63) is 46.8 Å². The minimum atomic E-state index is -3.51. The summed E-state index contributed by atoms with van der Waals surface area (Å²) in [6.45, 7) is 3.72. The van der Waals surface area contributed by atoms with Gasteiger partial charge in [-0.25, -0.2) is 8.42 Å². The van der Waals surface area contributed by atoms with E-state index in [0.29, 0.717) is 41.6 Å². The molecule has 1 saturated heterocycles. The SMILES string of the molecule is Cc1ccc(S(=O)(=O)N2CCN(CC(=O)Nc3sccc3C#N)CC2)cc1. The van der Waals surface area contributed by atoms with Crippen LogP contribution < -0.4 is 5.32 Å². The van der Waals surface area contributed by atoms with Crippen molar-refractivity contribution in [1.82, 2.24) is 9.21 Å². The molecular weight excluding hydrogens is 384 g/mol. The van der Waals surface area contributed by atoms with Crippen LogP contribution in [0.25, 0.3) is 0 Å². The smallest absolute Gasteiger partial charge is 0.243 e. The second-order valence-corrected chi connectivity index (χ2v) is 9.17. The second kappa shape index (κ2) is 8.19. The molecule has 1 amide bonds. The van der Waals surface area contributed by atoms with Crippen molar-refractivity contribution in [2.75, 3.05) is 38.0 Å². The molecule has 0 atom stereocenters. The molecule has 3 rings (SSSR count). The number of benzene rings is 1. The summed E-state index contributed by atoms with van der Waals surface area (Å²) in [5, 5.41) is 14.0. The molecular formula is C18H20N4O3S2. The van der Waals surface area contributed by atoms with Crippen molar-refractivity contribution in [3.63, 3.8) is 0 Å². The van der Waals surface area contributed by atoms with Crippen molar-refractivity contribution in [1.29, 1.82) is 5.26 Å². The first kappa shape index (κ1) is 19.5. The van der Waals surface area contributed by atoms with Crippen molar-refractivity contribution in [3.8, 4) is 6.07 Å². The van der Waals surface area contributed by atoms with Gasteiger partial charge < -0.3 is 5.32 Å². The number of carbonyl (C=O) groups excluding carboxylic acids is 1. The molecule has 9 heteroatoms. The third-order valence-electron chi connectivity index (χ3n) is 4.40. The molecule has 1 N–H and O–H groups in total. The summed E-state index contributed by atoms with van der Waals surface area (Å²) in [5.74, 6) is -0.205. The number of aryl methyl sites for hydroxylation is 1. The van der Waals surface area contributed by atoms with Crippen LogP contribution in [-0.2, 0) is 14.8 Å². The third-order valence-corrected chi connectivity index (χ3v) is 7.14. The van der Waals surface area contributed by atoms with E-state index in [1.165, 1.54) is 15.6 Å². The number of hydrogen-bond donors (Lipinski definition) is 1. The number of hydrogen-bond acceptors (Lipinski definition) is 6. The van der Waals surface area contributed by atoms with Crippen molar-refractivity contribution >= 4 is 32.3 Å². The van der Waals surface area contributed by atoms with Gasteiger partial charge in [-0.05, 0) is 30.5 Å². The molecule has 0 spiro atoms. The predicted octanol–water partition coefficient (Wildman–Crippen LogP) is 1.87. The van der Waals surface area contributed by atoms with Crippen molar-refractivity contribution in [2.45, 2.75) is 11.8 Å². The fourth-order valence-corrected chi connectivity index (χ4v) is 5.03. The Bertz CT molecular complexity index is 953. The highest BCUT2D eigenvalue weighted by Crippen LogP contribution is 2.22. The first-order chi connectivity index (χ1) is 12.9. The van der Waals surface area contributed by atoms with E-state index >= 15 is 0 Å². The van der Waals surface area contributed by atoms with Gasteiger partial charge in [0.25, 0.3) is 0 Å². The molecule has 1 aromatic heterocycles. The molecule has 0 radical (unpaired) electrons. The van der Waals surface area contributed by atoms with E-state index in [0.717, 1.165) is 5.56 Å². The Morgan fingerprint density at radius 1 is 1.19 bits per heavy atom. The molecule has 1 aromatic carbocycles. The average molecular weight is 405 g/mol. The van der Waals surface area contributed by atoms with Gasteiger partial charge in [-0.15, -0.1) is 11.3 Å². The fraction of sp³-hybridized carbons (Fsp3) is 0.333. The van der Waals surface area contributed by atoms with E-state index < -0.39 is 10.0 Å². The van der Waals surface area contributed by atoms with E-state index in [1.807, 2.05) is 17.9 Å². The fourth-order valence-electron chi connectivity index (χ4n) is 2.85. The van der Waals surface area contributed by atoms with Gasteiger partial charge in [0.1, 0.15) is 11.1 Å². The summed E-state index contributed by atoms with van der Waals surface area (Å²) in [4.78, 5) is 14.4. The van der Waals surface area contributed by atoms with Gasteiger partial charge in [-0.2, -0.15) is 9.57 Å². The topological polar surface area (TPSA) is 93.5 Å². The highest BCUT2D eigenvalue weighted by Gasteiger charge is 2.29. The zero-order valence-electron chi connectivity index (χ0n) is 14.9. The first-order valence-electron chi connectivity index (χ1n) is 8.47. The number of sulfonamides is 1. The summed E-state index contributed by atoms with van der Waals surface area (Å²) in [6.07, 6.45) is 0. The summed E-state index contributed by atoms with van der Waals surface area (Å²) in [7, 11) is -3.51. The number of rotatable bonds is 5. The van der Waals surface area contributed by atoms with Gasteiger partial charge in [0.05, 0.1) is 17.0 Å². The molecule has 0 unspecified atom stereocenters. The van der Waals surface area contributed by atoms with Crippen LogP contribution in [0.1, 0.15) is 11.1 Å². The lowest BCUT2D eigenvalue weighted by atomic mass is 10.2. The van der Waals surface area contributed by atoms with E-state index in [2.05, 4.69) is 5.32 Å². The number of piperazine rings is 1. The molecule has 2 heterocycles. The van der Waals surface area contributed by atoms with Gasteiger partial charge in [-0.1, -0.05) is 17.7 Å². The quantitative estimate of drug-likeness (QED) is 0.821. The Hall–Kier alpha value is -2.25. The number of nitriles is 1. The van der Waals surface area contributed by atoms with Gasteiger partial charge in [0, 0.05) is 26.2 Å². The molecule has 27 heavy (non-hydrogen) atoms. The Morgan fingerprint density at radius 3 is 2.48 bits per heavy atom. The lowest BCUT2D eigenvalue weighted by Gasteiger charge is -2.33. The summed E-state index contributed by atoms with van der Waals surface area (Å²) in [5.41, 5.74) is 1.46. The highest BCUT2D eigenvalue weighted by atomic mass is 32.2. The maximum atomic E-state index is 12.7. The van der Waals surface area contributed by atoms with Crippen LogP contribution >= 0.6 is 11.3 Å². The Labute approximate surface area is 162 Å². The highest BCUT2D eigenvalue weighted by molar-refractivity contribution is 7.89. The predicted molar refractivity (Wildman–Crippen MR) is 104 cm³/mol. The Kier molecular flexibility index (Phi) is 5.92. The number of anilines is 1. The van der Waals surface area contributed by atoms with Crippen molar-refractivity contribution < 1.29 is 13.2 Å². The monoisotopic (exact) mass is 404 g/mol. The van der Waals surface area contributed by atoms with Crippen LogP contribution in [-0.4, -0.2) is 56.3 Å². The molecule has 0 bridgehead atoms. The van der Waals surface area contributed by atoms with Crippen LogP contribution in [0.3, 0.4) is 0 Å².